The Kier molecular flexibility index (Phi) is 4.30. The van der Waals surface area contributed by atoms with Crippen LogP contribution in [0.3, 0.4) is 0 Å². The molecule has 1 amide bonds. The third-order valence-electron chi connectivity index (χ3n) is 3.55. The topological polar surface area (TPSA) is 107 Å². The Morgan fingerprint density at radius 1 is 1.41 bits per heavy atom. The van der Waals surface area contributed by atoms with E-state index >= 15 is 0 Å². The highest BCUT2D eigenvalue weighted by atomic mass is 16.6. The van der Waals surface area contributed by atoms with Crippen molar-refractivity contribution in [1.29, 1.82) is 0 Å². The van der Waals surface area contributed by atoms with Crippen LogP contribution in [0.15, 0.2) is 27.4 Å². The van der Waals surface area contributed by atoms with Crippen LogP contribution in [0, 0.1) is 16.0 Å². The van der Waals surface area contributed by atoms with Crippen molar-refractivity contribution in [3.05, 3.63) is 38.9 Å². The van der Waals surface area contributed by atoms with Crippen LogP contribution in [0.25, 0.3) is 11.1 Å². The number of carbonyl (C=O) groups is 1. The first-order valence-corrected chi connectivity index (χ1v) is 6.86. The maximum absolute atomic E-state index is 12.0. The molecule has 0 aliphatic carbocycles. The van der Waals surface area contributed by atoms with Gasteiger partial charge in [0.1, 0.15) is 6.54 Å². The van der Waals surface area contributed by atoms with Gasteiger partial charge in [0, 0.05) is 18.2 Å². The molecule has 0 saturated heterocycles. The Labute approximate surface area is 125 Å². The summed E-state index contributed by atoms with van der Waals surface area (Å²) in [5.41, 5.74) is 0.268. The highest BCUT2D eigenvalue weighted by Crippen LogP contribution is 2.20. The van der Waals surface area contributed by atoms with Crippen molar-refractivity contribution < 1.29 is 14.1 Å². The smallest absolute Gasteiger partial charge is 0.408 e. The largest absolute Gasteiger partial charge is 0.420 e. The van der Waals surface area contributed by atoms with Crippen LogP contribution in [0.5, 0.6) is 0 Å². The second-order valence-corrected chi connectivity index (χ2v) is 5.46. The predicted molar refractivity (Wildman–Crippen MR) is 79.6 cm³/mol. The molecule has 0 radical (unpaired) electrons. The minimum Gasteiger partial charge on any atom is -0.408 e. The van der Waals surface area contributed by atoms with Crippen LogP contribution in [-0.4, -0.2) is 21.4 Å². The molecule has 2 rings (SSSR count). The molecule has 0 saturated carbocycles. The molecule has 0 aliphatic rings. The summed E-state index contributed by atoms with van der Waals surface area (Å²) in [6.45, 7) is 5.55. The van der Waals surface area contributed by atoms with Crippen LogP contribution in [0.4, 0.5) is 5.69 Å². The Bertz CT molecular complexity index is 774. The molecule has 1 aromatic heterocycles. The van der Waals surface area contributed by atoms with E-state index in [4.69, 9.17) is 4.42 Å². The molecule has 0 aliphatic heterocycles. The zero-order valence-corrected chi connectivity index (χ0v) is 12.5. The number of nitrogens with zero attached hydrogens (tertiary/aromatic N) is 2. The Morgan fingerprint density at radius 2 is 2.09 bits per heavy atom. The van der Waals surface area contributed by atoms with E-state index in [0.29, 0.717) is 0 Å². The molecule has 22 heavy (non-hydrogen) atoms. The Balaban J connectivity index is 2.32. The van der Waals surface area contributed by atoms with Gasteiger partial charge in [-0.3, -0.25) is 19.5 Å². The van der Waals surface area contributed by atoms with E-state index in [1.807, 2.05) is 20.8 Å². The molecule has 0 spiro atoms. The van der Waals surface area contributed by atoms with E-state index < -0.39 is 10.7 Å². The molecule has 118 valence electrons. The molecule has 2 aromatic rings. The molecule has 1 aromatic carbocycles. The molecule has 1 atom stereocenters. The predicted octanol–water partition coefficient (Wildman–Crippen LogP) is 1.66. The summed E-state index contributed by atoms with van der Waals surface area (Å²) in [5.74, 6) is -0.816. The van der Waals surface area contributed by atoms with E-state index in [9.17, 15) is 19.7 Å². The number of fused-ring (bicyclic) bond motifs is 1. The van der Waals surface area contributed by atoms with Gasteiger partial charge in [-0.25, -0.2) is 4.79 Å². The van der Waals surface area contributed by atoms with Gasteiger partial charge in [-0.15, -0.1) is 0 Å². The van der Waals surface area contributed by atoms with Crippen LogP contribution >= 0.6 is 0 Å². The molecule has 0 fully saturated rings. The minimum atomic E-state index is -0.720. The average molecular weight is 307 g/mol. The van der Waals surface area contributed by atoms with Crippen molar-refractivity contribution in [1.82, 2.24) is 9.88 Å². The minimum absolute atomic E-state index is 0.0456. The second-order valence-electron chi connectivity index (χ2n) is 5.46. The number of hydrogen-bond acceptors (Lipinski definition) is 5. The molecule has 8 nitrogen and oxygen atoms in total. The third kappa shape index (κ3) is 3.16. The molecule has 1 heterocycles. The fourth-order valence-corrected chi connectivity index (χ4v) is 1.92. The molecule has 1 unspecified atom stereocenters. The zero-order chi connectivity index (χ0) is 16.4. The van der Waals surface area contributed by atoms with Gasteiger partial charge < -0.3 is 9.73 Å². The first-order valence-electron chi connectivity index (χ1n) is 6.86. The summed E-state index contributed by atoms with van der Waals surface area (Å²) in [5, 5.41) is 13.6. The van der Waals surface area contributed by atoms with E-state index in [-0.39, 0.29) is 41.2 Å². The SMILES string of the molecule is CC(C)C(C)NC(=O)Cn1c(=O)oc2ccc([N+](=O)[O-])cc21. The Morgan fingerprint density at radius 3 is 2.68 bits per heavy atom. The molecule has 0 bridgehead atoms. The van der Waals surface area contributed by atoms with Crippen LogP contribution in [0.2, 0.25) is 0 Å². The standard InChI is InChI=1S/C14H17N3O5/c1-8(2)9(3)15-13(18)7-16-11-6-10(17(20)21)4-5-12(11)22-14(16)19/h4-6,8-9H,7H2,1-3H3,(H,15,18). The lowest BCUT2D eigenvalue weighted by Gasteiger charge is -2.17. The van der Waals surface area contributed by atoms with E-state index in [1.165, 1.54) is 18.2 Å². The van der Waals surface area contributed by atoms with Crippen molar-refractivity contribution in [2.45, 2.75) is 33.4 Å². The van der Waals surface area contributed by atoms with Gasteiger partial charge in [-0.2, -0.15) is 0 Å². The summed E-state index contributed by atoms with van der Waals surface area (Å²) in [7, 11) is 0. The van der Waals surface area contributed by atoms with Crippen molar-refractivity contribution in [3.63, 3.8) is 0 Å². The van der Waals surface area contributed by atoms with E-state index in [0.717, 1.165) is 4.57 Å². The first kappa shape index (κ1) is 15.7. The summed E-state index contributed by atoms with van der Waals surface area (Å²) in [6.07, 6.45) is 0. The number of nitro benzene ring substituents is 1. The number of oxazole rings is 1. The van der Waals surface area contributed by atoms with Crippen molar-refractivity contribution in [3.8, 4) is 0 Å². The van der Waals surface area contributed by atoms with Crippen molar-refractivity contribution in [2.75, 3.05) is 0 Å². The molecular weight excluding hydrogens is 290 g/mol. The number of benzene rings is 1. The van der Waals surface area contributed by atoms with E-state index in [1.54, 1.807) is 0 Å². The lowest BCUT2D eigenvalue weighted by molar-refractivity contribution is -0.384. The number of carbonyl (C=O) groups excluding carboxylic acids is 1. The number of hydrogen-bond donors (Lipinski definition) is 1. The maximum atomic E-state index is 12.0. The molecular formula is C14H17N3O5. The summed E-state index contributed by atoms with van der Waals surface area (Å²) in [4.78, 5) is 34.1. The highest BCUT2D eigenvalue weighted by molar-refractivity contribution is 5.80. The highest BCUT2D eigenvalue weighted by Gasteiger charge is 2.17. The number of non-ortho nitro benzene ring substituents is 1. The number of nitro groups is 1. The van der Waals surface area contributed by atoms with Gasteiger partial charge in [-0.1, -0.05) is 13.8 Å². The summed E-state index contributed by atoms with van der Waals surface area (Å²) >= 11 is 0. The summed E-state index contributed by atoms with van der Waals surface area (Å²) < 4.78 is 6.08. The molecule has 8 heteroatoms. The number of aromatic nitrogens is 1. The second kappa shape index (κ2) is 6.00. The van der Waals surface area contributed by atoms with Crippen molar-refractivity contribution in [2.24, 2.45) is 5.92 Å². The van der Waals surface area contributed by atoms with Gasteiger partial charge >= 0.3 is 5.76 Å². The lowest BCUT2D eigenvalue weighted by atomic mass is 10.1. The van der Waals surface area contributed by atoms with Crippen molar-refractivity contribution >= 4 is 22.7 Å². The average Bonchev–Trinajstić information content (AvgIpc) is 2.74. The summed E-state index contributed by atoms with van der Waals surface area (Å²) in [6, 6.07) is 3.77. The Hall–Kier alpha value is -2.64. The molecule has 1 N–H and O–H groups in total. The van der Waals surface area contributed by atoms with Crippen LogP contribution in [0.1, 0.15) is 20.8 Å². The first-order chi connectivity index (χ1) is 10.3. The maximum Gasteiger partial charge on any atom is 0.420 e. The van der Waals surface area contributed by atoms with Gasteiger partial charge in [0.2, 0.25) is 5.91 Å². The fourth-order valence-electron chi connectivity index (χ4n) is 1.92. The van der Waals surface area contributed by atoms with Gasteiger partial charge in [0.25, 0.3) is 5.69 Å². The van der Waals surface area contributed by atoms with Crippen LogP contribution in [-0.2, 0) is 11.3 Å². The normalized spacial score (nSPS) is 12.5. The van der Waals surface area contributed by atoms with E-state index in [2.05, 4.69) is 5.32 Å². The van der Waals surface area contributed by atoms with Gasteiger partial charge in [0.15, 0.2) is 5.58 Å². The lowest BCUT2D eigenvalue weighted by Crippen LogP contribution is -2.39. The fraction of sp³-hybridized carbons (Fsp3) is 0.429. The van der Waals surface area contributed by atoms with Crippen LogP contribution < -0.4 is 11.1 Å². The van der Waals surface area contributed by atoms with Gasteiger partial charge in [-0.05, 0) is 18.9 Å². The third-order valence-corrected chi connectivity index (χ3v) is 3.55. The van der Waals surface area contributed by atoms with Gasteiger partial charge in [0.05, 0.1) is 10.4 Å². The number of nitrogens with one attached hydrogen (secondary N) is 1. The number of amides is 1. The monoisotopic (exact) mass is 307 g/mol. The zero-order valence-electron chi connectivity index (χ0n) is 12.5. The quantitative estimate of drug-likeness (QED) is 0.667. The number of rotatable bonds is 5.